The maximum absolute atomic E-state index is 12.3. The molecule has 18 rings (SSSR count). The summed E-state index contributed by atoms with van der Waals surface area (Å²) in [5.41, 5.74) is 20.6. The third kappa shape index (κ3) is 16.0. The topological polar surface area (TPSA) is 304 Å². The van der Waals surface area contributed by atoms with E-state index >= 15 is 0 Å². The zero-order chi connectivity index (χ0) is 84.6. The van der Waals surface area contributed by atoms with Crippen molar-refractivity contribution in [1.29, 1.82) is 0 Å². The second kappa shape index (κ2) is 35.0. The molecule has 8 aromatic carbocycles. The Bertz CT molecular complexity index is 6110. The molecule has 0 radical (unpaired) electrons. The van der Waals surface area contributed by atoms with Crippen molar-refractivity contribution in [3.8, 4) is 62.1 Å². The molecule has 0 fully saturated rings. The van der Waals surface area contributed by atoms with Crippen LogP contribution in [0.25, 0.3) is 98.8 Å². The number of pyridine rings is 6. The summed E-state index contributed by atoms with van der Waals surface area (Å²) in [4.78, 5) is 63.1. The van der Waals surface area contributed by atoms with Crippen molar-refractivity contribution in [3.05, 3.63) is 242 Å². The molecular formula is C94H91BClN6O16P. The van der Waals surface area contributed by atoms with E-state index in [1.807, 2.05) is 109 Å². The van der Waals surface area contributed by atoms with E-state index < -0.39 is 51.3 Å². The molecule has 0 spiro atoms. The van der Waals surface area contributed by atoms with Crippen LogP contribution >= 0.6 is 19.5 Å². The van der Waals surface area contributed by atoms with Gasteiger partial charge < -0.3 is 63.3 Å². The van der Waals surface area contributed by atoms with Crippen LogP contribution in [0.5, 0.6) is 28.7 Å². The van der Waals surface area contributed by atoms with E-state index in [1.165, 1.54) is 65.6 Å². The van der Waals surface area contributed by atoms with Gasteiger partial charge in [0.05, 0.1) is 86.4 Å². The second-order valence-electron chi connectivity index (χ2n) is 30.3. The average molecular weight is 1640 g/mol. The van der Waals surface area contributed by atoms with Crippen LogP contribution in [-0.2, 0) is 47.9 Å². The van der Waals surface area contributed by atoms with Crippen molar-refractivity contribution in [2.75, 3.05) is 48.3 Å². The number of hydrogen-bond donors (Lipinski definition) is 5. The molecule has 6 aromatic heterocycles. The quantitative estimate of drug-likeness (QED) is 0.0348. The molecule has 0 bridgehead atoms. The highest BCUT2D eigenvalue weighted by Gasteiger charge is 2.42. The number of aromatic nitrogens is 6. The number of aliphatic hydroxyl groups is 3. The number of benzene rings is 8. The van der Waals surface area contributed by atoms with E-state index in [0.29, 0.717) is 75.0 Å². The Hall–Kier alpha value is -11.8. The van der Waals surface area contributed by atoms with Gasteiger partial charge in [0.2, 0.25) is 0 Å². The van der Waals surface area contributed by atoms with Crippen LogP contribution < -0.4 is 34.5 Å². The largest absolute Gasteiger partial charge is 0.496 e. The summed E-state index contributed by atoms with van der Waals surface area (Å²) in [5.74, 6) is 2.44. The SMILES string of the molecule is COC(=O)[C@@H](O)c1c(C)nc2ccccc2c1-c1ccc2c3c(ccnc13)CCO2.COC(=O)[C@@H](O)c1c(C)nc2ccccc2c1-c1ccc2c3c(ccnc13)CCO2.COC(=O)[C@@H](O)c1c(C)nc2ccccc2c1Cl.COc1c(C)cc(C)c(C)c1-c1cccc2c1[P@](C(C)(C)C)[C@@H](C)O2.OB(O)c1ccc2c3c(ccnc13)CCO2. The van der Waals surface area contributed by atoms with Gasteiger partial charge in [-0.25, -0.2) is 14.4 Å². The first-order valence-electron chi connectivity index (χ1n) is 39.0. The summed E-state index contributed by atoms with van der Waals surface area (Å²) in [7, 11) is 3.57. The average Bonchev–Trinajstić information content (AvgIpc) is 1.71. The lowest BCUT2D eigenvalue weighted by atomic mass is 9.78. The number of rotatable bonds is 11. The van der Waals surface area contributed by atoms with Crippen LogP contribution in [0.4, 0.5) is 0 Å². The minimum Gasteiger partial charge on any atom is -0.496 e. The number of esters is 3. The van der Waals surface area contributed by atoms with Crippen molar-refractivity contribution in [3.63, 3.8) is 0 Å². The number of nitrogens with zero attached hydrogens (tertiary/aromatic N) is 6. The predicted molar refractivity (Wildman–Crippen MR) is 465 cm³/mol. The van der Waals surface area contributed by atoms with Crippen molar-refractivity contribution in [2.45, 2.75) is 118 Å². The molecule has 0 saturated carbocycles. The maximum atomic E-state index is 12.3. The van der Waals surface area contributed by atoms with Crippen LogP contribution in [0, 0.1) is 41.5 Å². The number of ether oxygens (including phenoxy) is 8. The van der Waals surface area contributed by atoms with Crippen LogP contribution in [0.1, 0.15) is 113 Å². The maximum Gasteiger partial charge on any atom is 0.490 e. The van der Waals surface area contributed by atoms with E-state index in [-0.39, 0.29) is 11.0 Å². The minimum atomic E-state index is -1.50. The molecule has 0 unspecified atom stereocenters. The molecule has 5 N–H and O–H groups in total. The first kappa shape index (κ1) is 83.7. The van der Waals surface area contributed by atoms with Gasteiger partial charge in [-0.15, -0.1) is 0 Å². The predicted octanol–water partition coefficient (Wildman–Crippen LogP) is 16.0. The molecule has 25 heteroatoms. The standard InChI is InChI=1S/2C24H20N2O4.C22H29O2P.C13H12ClNO3.C11H10BNO3/c2*1-13-19(23(27)24(28)29-2)21(15-5-3-4-6-17(15)26-13)16-7-8-18-20-14(10-12-30-18)9-11-25-22(16)20;1-13-12-14(2)20(23-8)19(15(13)3)17-10-9-11-18-21(17)25(16(4)24-18)22(5,6)7;1-7-10(12(16)13(17)18-2)11(14)8-5-3-4-6-9(8)15-7;14-12(15)8-1-2-9-10-7(4-6-16-9)3-5-13-11(8)10/h2*3-9,11,23,27H,10,12H2,1-2H3;9-12,16H,1-8H3;3-6,12,16H,1-2H3;1-3,5,14-15H,4,6H2/t2*23-;16-,25+;12-;/m0000./s1. The first-order valence-corrected chi connectivity index (χ1v) is 40.8. The minimum absolute atomic E-state index is 0.191. The third-order valence-electron chi connectivity index (χ3n) is 22.0. The zero-order valence-electron chi connectivity index (χ0n) is 68.5. The van der Waals surface area contributed by atoms with Gasteiger partial charge in [0.15, 0.2) is 18.3 Å². The molecule has 10 heterocycles. The van der Waals surface area contributed by atoms with Crippen molar-refractivity contribution in [2.24, 2.45) is 0 Å². The number of fused-ring (bicyclic) bond motifs is 4. The van der Waals surface area contributed by atoms with E-state index in [2.05, 4.69) is 107 Å². The second-order valence-corrected chi connectivity index (χ2v) is 33.9. The Balaban J connectivity index is 0.000000124. The van der Waals surface area contributed by atoms with Gasteiger partial charge >= 0.3 is 25.0 Å². The molecule has 119 heavy (non-hydrogen) atoms. The number of halogens is 1. The van der Waals surface area contributed by atoms with Gasteiger partial charge in [0.25, 0.3) is 0 Å². The summed E-state index contributed by atoms with van der Waals surface area (Å²) in [6.45, 7) is 22.9. The summed E-state index contributed by atoms with van der Waals surface area (Å²) < 4.78 is 43.5. The Kier molecular flexibility index (Phi) is 24.6. The fraction of sp³-hybridized carbons (Fsp3) is 0.266. The zero-order valence-corrected chi connectivity index (χ0v) is 70.2. The van der Waals surface area contributed by atoms with Gasteiger partial charge in [-0.3, -0.25) is 29.9 Å². The summed E-state index contributed by atoms with van der Waals surface area (Å²) in [6, 6.07) is 48.5. The molecule has 0 amide bonds. The van der Waals surface area contributed by atoms with Crippen molar-refractivity contribution >= 4 is 121 Å². The van der Waals surface area contributed by atoms with Gasteiger partial charge in [-0.2, -0.15) is 0 Å². The Morgan fingerprint density at radius 1 is 0.487 bits per heavy atom. The van der Waals surface area contributed by atoms with E-state index in [9.17, 15) is 39.8 Å². The van der Waals surface area contributed by atoms with Crippen LogP contribution in [0.15, 0.2) is 170 Å². The summed E-state index contributed by atoms with van der Waals surface area (Å²) >= 11 is 6.23. The molecule has 14 aromatic rings. The molecule has 608 valence electrons. The van der Waals surface area contributed by atoms with Crippen LogP contribution in [-0.4, -0.2) is 140 Å². The lowest BCUT2D eigenvalue weighted by Crippen LogP contribution is -2.31. The highest BCUT2D eigenvalue weighted by atomic mass is 35.5. The molecular weight excluding hydrogens is 1550 g/mol. The van der Waals surface area contributed by atoms with E-state index in [0.717, 1.165) is 130 Å². The number of aliphatic hydroxyl groups excluding tert-OH is 3. The van der Waals surface area contributed by atoms with Gasteiger partial charge in [-0.05, 0) is 173 Å². The van der Waals surface area contributed by atoms with E-state index in [1.54, 1.807) is 64.7 Å². The molecule has 5 atom stereocenters. The number of carbonyl (C=O) groups is 3. The van der Waals surface area contributed by atoms with Crippen molar-refractivity contribution in [1.82, 2.24) is 29.9 Å². The van der Waals surface area contributed by atoms with Crippen molar-refractivity contribution < 1.29 is 77.6 Å². The molecule has 4 aliphatic heterocycles. The number of hydrogen-bond acceptors (Lipinski definition) is 22. The molecule has 22 nitrogen and oxygen atoms in total. The molecule has 0 aliphatic carbocycles. The number of para-hydroxylation sites is 3. The van der Waals surface area contributed by atoms with Gasteiger partial charge in [0, 0.05) is 143 Å². The number of aryl methyl sites for hydroxylation is 5. The molecule has 0 saturated heterocycles. The van der Waals surface area contributed by atoms with Crippen LogP contribution in [0.2, 0.25) is 5.02 Å². The highest BCUT2D eigenvalue weighted by molar-refractivity contribution is 7.68. The number of methoxy groups -OCH3 is 4. The Morgan fingerprint density at radius 2 is 0.899 bits per heavy atom. The fourth-order valence-electron chi connectivity index (χ4n) is 16.6. The Labute approximate surface area is 695 Å². The Morgan fingerprint density at radius 3 is 1.34 bits per heavy atom. The highest BCUT2D eigenvalue weighted by Crippen LogP contribution is 2.61. The van der Waals surface area contributed by atoms with Gasteiger partial charge in [0.1, 0.15) is 34.6 Å². The fourth-order valence-corrected chi connectivity index (χ4v) is 20.2. The third-order valence-corrected chi connectivity index (χ3v) is 25.7. The normalized spacial score (nSPS) is 14.8. The number of carbonyl (C=O) groups excluding carboxylic acids is 3. The van der Waals surface area contributed by atoms with Crippen LogP contribution in [0.3, 0.4) is 0 Å². The van der Waals surface area contributed by atoms with E-state index in [4.69, 9.17) is 44.8 Å². The lowest BCUT2D eigenvalue weighted by molar-refractivity contribution is -0.151. The first-order chi connectivity index (χ1) is 57.2. The monoisotopic (exact) mass is 1640 g/mol. The summed E-state index contributed by atoms with van der Waals surface area (Å²) in [6.07, 6.45) is 3.40. The summed E-state index contributed by atoms with van der Waals surface area (Å²) in [5, 5.41) is 57.3. The molecule has 4 aliphatic rings. The van der Waals surface area contributed by atoms with Gasteiger partial charge in [-0.1, -0.05) is 111 Å². The lowest BCUT2D eigenvalue weighted by Gasteiger charge is -2.31. The smallest absolute Gasteiger partial charge is 0.490 e.